The SMILES string of the molecule is CC(C)(C)OC(=O)N1CCN(C(=O)[C@H]2CC[C@H](NS(=O)(=O)c3ccc(-c4ncco4)cc3)CC2)[C@@H](c2ccccc2)C1. The van der Waals surface area contributed by atoms with E-state index >= 15 is 0 Å². The topological polar surface area (TPSA) is 122 Å². The molecule has 11 heteroatoms. The van der Waals surface area contributed by atoms with Crippen LogP contribution in [0.15, 0.2) is 76.4 Å². The van der Waals surface area contributed by atoms with Crippen LogP contribution in [-0.4, -0.2) is 66.5 Å². The highest BCUT2D eigenvalue weighted by atomic mass is 32.2. The Morgan fingerprint density at radius 1 is 0.976 bits per heavy atom. The molecule has 0 radical (unpaired) electrons. The number of amides is 2. The van der Waals surface area contributed by atoms with Gasteiger partial charge in [0.25, 0.3) is 0 Å². The van der Waals surface area contributed by atoms with Gasteiger partial charge in [0.15, 0.2) is 0 Å². The van der Waals surface area contributed by atoms with Gasteiger partial charge in [0.2, 0.25) is 21.8 Å². The second-order valence-electron chi connectivity index (χ2n) is 11.9. The van der Waals surface area contributed by atoms with Crippen molar-refractivity contribution in [2.75, 3.05) is 19.6 Å². The smallest absolute Gasteiger partial charge is 0.410 e. The van der Waals surface area contributed by atoms with Gasteiger partial charge in [-0.2, -0.15) is 0 Å². The lowest BCUT2D eigenvalue weighted by Gasteiger charge is -2.43. The number of ether oxygens (including phenoxy) is 1. The van der Waals surface area contributed by atoms with E-state index in [0.29, 0.717) is 56.8 Å². The van der Waals surface area contributed by atoms with Gasteiger partial charge < -0.3 is 19.0 Å². The van der Waals surface area contributed by atoms with Crippen LogP contribution in [0.5, 0.6) is 0 Å². The first-order chi connectivity index (χ1) is 20.0. The maximum atomic E-state index is 13.8. The van der Waals surface area contributed by atoms with Crippen LogP contribution in [0.25, 0.3) is 11.5 Å². The predicted octanol–water partition coefficient (Wildman–Crippen LogP) is 5.00. The molecule has 0 spiro atoms. The Balaban J connectivity index is 1.20. The van der Waals surface area contributed by atoms with Crippen molar-refractivity contribution in [3.8, 4) is 11.5 Å². The van der Waals surface area contributed by atoms with Crippen LogP contribution in [-0.2, 0) is 19.6 Å². The lowest BCUT2D eigenvalue weighted by Crippen LogP contribution is -2.54. The summed E-state index contributed by atoms with van der Waals surface area (Å²) in [6.07, 6.45) is 4.93. The molecule has 1 saturated heterocycles. The third-order valence-corrected chi connectivity index (χ3v) is 9.28. The Hall–Kier alpha value is -3.70. The minimum absolute atomic E-state index is 0.0520. The number of benzene rings is 2. The van der Waals surface area contributed by atoms with Crippen molar-refractivity contribution in [3.63, 3.8) is 0 Å². The maximum Gasteiger partial charge on any atom is 0.410 e. The molecule has 2 aliphatic rings. The summed E-state index contributed by atoms with van der Waals surface area (Å²) in [6, 6.07) is 15.6. The molecule has 5 rings (SSSR count). The van der Waals surface area contributed by atoms with E-state index < -0.39 is 15.6 Å². The van der Waals surface area contributed by atoms with Gasteiger partial charge in [0, 0.05) is 37.2 Å². The molecule has 3 aromatic rings. The number of carbonyl (C=O) groups is 2. The second-order valence-corrected chi connectivity index (χ2v) is 13.6. The lowest BCUT2D eigenvalue weighted by molar-refractivity contribution is -0.142. The van der Waals surface area contributed by atoms with Crippen LogP contribution in [0, 0.1) is 5.92 Å². The zero-order valence-corrected chi connectivity index (χ0v) is 25.0. The first kappa shape index (κ1) is 29.8. The molecule has 1 atom stereocenters. The van der Waals surface area contributed by atoms with Gasteiger partial charge >= 0.3 is 6.09 Å². The Labute approximate surface area is 247 Å². The van der Waals surface area contributed by atoms with Gasteiger partial charge in [0.05, 0.1) is 17.1 Å². The van der Waals surface area contributed by atoms with Gasteiger partial charge in [0.1, 0.15) is 11.9 Å². The van der Waals surface area contributed by atoms with Crippen LogP contribution in [0.3, 0.4) is 0 Å². The van der Waals surface area contributed by atoms with Crippen molar-refractivity contribution in [1.82, 2.24) is 19.5 Å². The zero-order valence-electron chi connectivity index (χ0n) is 24.2. The summed E-state index contributed by atoms with van der Waals surface area (Å²) in [5.74, 6) is 0.275. The minimum Gasteiger partial charge on any atom is -0.445 e. The van der Waals surface area contributed by atoms with Crippen LogP contribution in [0.1, 0.15) is 58.1 Å². The molecule has 10 nitrogen and oxygen atoms in total. The summed E-state index contributed by atoms with van der Waals surface area (Å²) >= 11 is 0. The van der Waals surface area contributed by atoms with E-state index in [1.807, 2.05) is 56.0 Å². The summed E-state index contributed by atoms with van der Waals surface area (Å²) in [5, 5.41) is 0. The van der Waals surface area contributed by atoms with Crippen LogP contribution >= 0.6 is 0 Å². The van der Waals surface area contributed by atoms with Crippen molar-refractivity contribution >= 4 is 22.0 Å². The van der Waals surface area contributed by atoms with E-state index in [-0.39, 0.29) is 34.9 Å². The summed E-state index contributed by atoms with van der Waals surface area (Å²) in [5.41, 5.74) is 1.06. The molecule has 0 bridgehead atoms. The van der Waals surface area contributed by atoms with Gasteiger partial charge in [-0.3, -0.25) is 4.79 Å². The Kier molecular flexibility index (Phi) is 8.70. The Morgan fingerprint density at radius 3 is 2.29 bits per heavy atom. The molecule has 1 aromatic heterocycles. The quantitative estimate of drug-likeness (QED) is 0.426. The van der Waals surface area contributed by atoms with Gasteiger partial charge in [-0.05, 0) is 76.3 Å². The average molecular weight is 595 g/mol. The van der Waals surface area contributed by atoms with Crippen molar-refractivity contribution in [2.24, 2.45) is 5.92 Å². The molecule has 2 amide bonds. The number of hydrogen-bond acceptors (Lipinski definition) is 7. The van der Waals surface area contributed by atoms with Crippen LogP contribution < -0.4 is 4.72 Å². The maximum absolute atomic E-state index is 13.8. The number of aromatic nitrogens is 1. The summed E-state index contributed by atoms with van der Waals surface area (Å²) in [6.45, 7) is 6.68. The number of rotatable bonds is 6. The number of nitrogens with zero attached hydrogens (tertiary/aromatic N) is 3. The summed E-state index contributed by atoms with van der Waals surface area (Å²) in [7, 11) is -3.72. The fraction of sp³-hybridized carbons (Fsp3) is 0.452. The molecule has 1 saturated carbocycles. The lowest BCUT2D eigenvalue weighted by atomic mass is 9.85. The predicted molar refractivity (Wildman–Crippen MR) is 157 cm³/mol. The van der Waals surface area contributed by atoms with E-state index in [2.05, 4.69) is 9.71 Å². The fourth-order valence-corrected chi connectivity index (χ4v) is 6.93. The van der Waals surface area contributed by atoms with Gasteiger partial charge in [-0.15, -0.1) is 0 Å². The van der Waals surface area contributed by atoms with Crippen LogP contribution in [0.4, 0.5) is 4.79 Å². The zero-order chi connectivity index (χ0) is 29.9. The molecule has 1 aliphatic carbocycles. The highest BCUT2D eigenvalue weighted by molar-refractivity contribution is 7.89. The largest absolute Gasteiger partial charge is 0.445 e. The molecule has 2 fully saturated rings. The fourth-order valence-electron chi connectivity index (χ4n) is 5.62. The van der Waals surface area contributed by atoms with Crippen molar-refractivity contribution in [3.05, 3.63) is 72.6 Å². The monoisotopic (exact) mass is 594 g/mol. The standard InChI is InChI=1S/C31H38N4O6S/c1-31(2,3)41-30(37)34-18-19-35(27(21-34)22-7-5-4-6-8-22)29(36)24-9-13-25(14-10-24)33-42(38,39)26-15-11-23(12-16-26)28-32-17-20-40-28/h4-8,11-12,15-17,20,24-25,27,33H,9-10,13-14,18-19,21H2,1-3H3/t24-,25-,27-/m1/s1. The molecule has 224 valence electrons. The number of nitrogens with one attached hydrogen (secondary N) is 1. The Morgan fingerprint density at radius 2 is 1.67 bits per heavy atom. The van der Waals surface area contributed by atoms with Crippen molar-refractivity contribution in [2.45, 2.75) is 69.0 Å². The minimum atomic E-state index is -3.72. The number of carbonyl (C=O) groups excluding carboxylic acids is 2. The molecular formula is C31H38N4O6S. The van der Waals surface area contributed by atoms with Crippen LogP contribution in [0.2, 0.25) is 0 Å². The molecule has 2 heterocycles. The third kappa shape index (κ3) is 7.01. The van der Waals surface area contributed by atoms with Crippen molar-refractivity contribution < 1.29 is 27.2 Å². The van der Waals surface area contributed by atoms with E-state index in [1.54, 1.807) is 17.0 Å². The van der Waals surface area contributed by atoms with Gasteiger partial charge in [-0.25, -0.2) is 22.9 Å². The highest BCUT2D eigenvalue weighted by Crippen LogP contribution is 2.33. The van der Waals surface area contributed by atoms with Gasteiger partial charge in [-0.1, -0.05) is 30.3 Å². The molecule has 1 aliphatic heterocycles. The van der Waals surface area contributed by atoms with E-state index in [9.17, 15) is 18.0 Å². The number of oxazole rings is 1. The second kappa shape index (κ2) is 12.3. The third-order valence-electron chi connectivity index (χ3n) is 7.74. The molecule has 1 N–H and O–H groups in total. The normalized spacial score (nSPS) is 21.6. The number of hydrogen-bond donors (Lipinski definition) is 1. The van der Waals surface area contributed by atoms with E-state index in [0.717, 1.165) is 5.56 Å². The summed E-state index contributed by atoms with van der Waals surface area (Å²) in [4.78, 5) is 34.5. The van der Waals surface area contributed by atoms with E-state index in [1.165, 1.54) is 24.6 Å². The number of sulfonamides is 1. The van der Waals surface area contributed by atoms with E-state index in [4.69, 9.17) is 9.15 Å². The summed E-state index contributed by atoms with van der Waals surface area (Å²) < 4.78 is 39.8. The highest BCUT2D eigenvalue weighted by Gasteiger charge is 2.39. The first-order valence-corrected chi connectivity index (χ1v) is 15.8. The first-order valence-electron chi connectivity index (χ1n) is 14.4. The molecule has 42 heavy (non-hydrogen) atoms. The van der Waals surface area contributed by atoms with Crippen molar-refractivity contribution in [1.29, 1.82) is 0 Å². The molecule has 0 unspecified atom stereocenters. The molecule has 2 aromatic carbocycles. The molecular weight excluding hydrogens is 556 g/mol. The average Bonchev–Trinajstić information content (AvgIpc) is 3.52. The number of piperazine rings is 1. The Bertz CT molecular complexity index is 1460.